The van der Waals surface area contributed by atoms with Crippen molar-refractivity contribution < 1.29 is 24.9 Å². The van der Waals surface area contributed by atoms with Gasteiger partial charge in [0.2, 0.25) is 0 Å². The zero-order valence-corrected chi connectivity index (χ0v) is 11.1. The van der Waals surface area contributed by atoms with Gasteiger partial charge in [0.1, 0.15) is 0 Å². The van der Waals surface area contributed by atoms with E-state index >= 15 is 0 Å². The second-order valence-corrected chi connectivity index (χ2v) is 5.22. The van der Waals surface area contributed by atoms with Crippen molar-refractivity contribution in [2.45, 2.75) is 56.8 Å². The minimum absolute atomic E-state index is 0.322. The Balaban J connectivity index is 2.40. The van der Waals surface area contributed by atoms with Crippen LogP contribution in [0.1, 0.15) is 39.0 Å². The number of aliphatic hydroxyl groups is 2. The summed E-state index contributed by atoms with van der Waals surface area (Å²) >= 11 is 0. The monoisotopic (exact) mass is 274 g/mol. The Morgan fingerprint density at radius 2 is 1.89 bits per heavy atom. The summed E-state index contributed by atoms with van der Waals surface area (Å²) in [4.78, 5) is 22.3. The normalized spacial score (nSPS) is 26.9. The van der Waals surface area contributed by atoms with E-state index in [9.17, 15) is 19.8 Å². The molecule has 1 fully saturated rings. The smallest absolute Gasteiger partial charge is 0.337 e. The third-order valence-electron chi connectivity index (χ3n) is 3.35. The highest BCUT2D eigenvalue weighted by Gasteiger charge is 2.31. The van der Waals surface area contributed by atoms with Crippen LogP contribution in [0.5, 0.6) is 0 Å². The van der Waals surface area contributed by atoms with Crippen LogP contribution in [0, 0.1) is 0 Å². The third-order valence-corrected chi connectivity index (χ3v) is 3.35. The van der Waals surface area contributed by atoms with Crippen LogP contribution < -0.4 is 10.6 Å². The van der Waals surface area contributed by atoms with Crippen LogP contribution in [-0.2, 0) is 4.79 Å². The molecule has 0 aromatic rings. The van der Waals surface area contributed by atoms with Gasteiger partial charge in [0.25, 0.3) is 0 Å². The molecule has 7 heteroatoms. The number of hydrogen-bond donors (Lipinski definition) is 5. The van der Waals surface area contributed by atoms with E-state index in [1.54, 1.807) is 0 Å². The van der Waals surface area contributed by atoms with Crippen LogP contribution in [0.25, 0.3) is 0 Å². The van der Waals surface area contributed by atoms with Crippen molar-refractivity contribution >= 4 is 12.0 Å². The Hall–Kier alpha value is -1.34. The third kappa shape index (κ3) is 5.04. The fraction of sp³-hybridized carbons (Fsp3) is 0.833. The van der Waals surface area contributed by atoms with E-state index in [2.05, 4.69) is 10.6 Å². The first-order valence-corrected chi connectivity index (χ1v) is 6.51. The molecule has 0 bridgehead atoms. The minimum atomic E-state index is -2.00. The van der Waals surface area contributed by atoms with Gasteiger partial charge < -0.3 is 26.0 Å². The van der Waals surface area contributed by atoms with Crippen LogP contribution in [0.15, 0.2) is 0 Å². The number of hydrogen-bond acceptors (Lipinski definition) is 4. The number of aliphatic carboxylic acids is 1. The Morgan fingerprint density at radius 1 is 1.26 bits per heavy atom. The quantitative estimate of drug-likeness (QED) is 0.455. The molecular weight excluding hydrogens is 252 g/mol. The summed E-state index contributed by atoms with van der Waals surface area (Å²) in [6.07, 6.45) is 3.68. The van der Waals surface area contributed by atoms with E-state index in [1.165, 1.54) is 0 Å². The molecule has 1 rings (SSSR count). The van der Waals surface area contributed by atoms with Gasteiger partial charge in [0.05, 0.1) is 18.7 Å². The van der Waals surface area contributed by atoms with Gasteiger partial charge in [-0.3, -0.25) is 0 Å². The topological polar surface area (TPSA) is 119 Å². The van der Waals surface area contributed by atoms with E-state index in [4.69, 9.17) is 5.11 Å². The molecule has 0 aromatic heterocycles. The average Bonchev–Trinajstić information content (AvgIpc) is 2.52. The van der Waals surface area contributed by atoms with E-state index in [1.807, 2.05) is 0 Å². The number of nitrogens with one attached hydrogen (secondary N) is 2. The molecule has 3 unspecified atom stereocenters. The summed E-state index contributed by atoms with van der Waals surface area (Å²) in [6, 6.07) is -0.898. The van der Waals surface area contributed by atoms with Gasteiger partial charge in [-0.1, -0.05) is 19.3 Å². The molecule has 0 aromatic carbocycles. The van der Waals surface area contributed by atoms with Gasteiger partial charge in [0.15, 0.2) is 5.60 Å². The largest absolute Gasteiger partial charge is 0.479 e. The number of rotatable bonds is 4. The van der Waals surface area contributed by atoms with Gasteiger partial charge in [-0.05, 0) is 19.8 Å². The number of aliphatic hydroxyl groups excluding tert-OH is 1. The Labute approximate surface area is 112 Å². The maximum Gasteiger partial charge on any atom is 0.337 e. The van der Waals surface area contributed by atoms with Crippen LogP contribution in [0.2, 0.25) is 0 Å². The van der Waals surface area contributed by atoms with E-state index < -0.39 is 30.3 Å². The molecule has 19 heavy (non-hydrogen) atoms. The molecule has 110 valence electrons. The summed E-state index contributed by atoms with van der Waals surface area (Å²) in [5.74, 6) is -1.40. The van der Waals surface area contributed by atoms with Crippen molar-refractivity contribution in [1.82, 2.24) is 10.6 Å². The fourth-order valence-corrected chi connectivity index (χ4v) is 2.00. The maximum absolute atomic E-state index is 11.6. The summed E-state index contributed by atoms with van der Waals surface area (Å²) in [5.41, 5.74) is -2.00. The van der Waals surface area contributed by atoms with Crippen LogP contribution in [0.4, 0.5) is 4.79 Å². The summed E-state index contributed by atoms with van der Waals surface area (Å²) in [5, 5.41) is 32.9. The van der Waals surface area contributed by atoms with E-state index in [0.29, 0.717) is 12.8 Å². The molecule has 7 nitrogen and oxygen atoms in total. The molecule has 0 aliphatic heterocycles. The van der Waals surface area contributed by atoms with Crippen LogP contribution >= 0.6 is 0 Å². The summed E-state index contributed by atoms with van der Waals surface area (Å²) < 4.78 is 0. The summed E-state index contributed by atoms with van der Waals surface area (Å²) in [7, 11) is 0. The highest BCUT2D eigenvalue weighted by Crippen LogP contribution is 2.17. The number of carboxylic acid groups (broad SMARTS) is 1. The van der Waals surface area contributed by atoms with Gasteiger partial charge in [-0.2, -0.15) is 0 Å². The van der Waals surface area contributed by atoms with Gasteiger partial charge in [-0.25, -0.2) is 9.59 Å². The number of carbonyl (C=O) groups is 2. The zero-order valence-electron chi connectivity index (χ0n) is 11.1. The lowest BCUT2D eigenvalue weighted by molar-refractivity contribution is -0.155. The molecule has 1 saturated carbocycles. The SMILES string of the molecule is CC(O)(CNC(=O)NC1CCCCCC1O)C(=O)O. The van der Waals surface area contributed by atoms with Crippen molar-refractivity contribution in [3.63, 3.8) is 0 Å². The first-order chi connectivity index (χ1) is 8.83. The Bertz CT molecular complexity index is 332. The van der Waals surface area contributed by atoms with E-state index in [-0.39, 0.29) is 6.04 Å². The lowest BCUT2D eigenvalue weighted by Gasteiger charge is -2.23. The van der Waals surface area contributed by atoms with Crippen molar-refractivity contribution in [3.05, 3.63) is 0 Å². The summed E-state index contributed by atoms with van der Waals surface area (Å²) in [6.45, 7) is 0.715. The highest BCUT2D eigenvalue weighted by atomic mass is 16.4. The Morgan fingerprint density at radius 3 is 2.53 bits per heavy atom. The molecule has 1 aliphatic carbocycles. The molecule has 5 N–H and O–H groups in total. The van der Waals surface area contributed by atoms with Crippen LogP contribution in [-0.4, -0.2) is 51.6 Å². The molecule has 1 aliphatic rings. The van der Waals surface area contributed by atoms with Gasteiger partial charge in [-0.15, -0.1) is 0 Å². The first-order valence-electron chi connectivity index (χ1n) is 6.51. The van der Waals surface area contributed by atoms with Crippen LogP contribution in [0.3, 0.4) is 0 Å². The molecule has 0 heterocycles. The second kappa shape index (κ2) is 6.72. The predicted octanol–water partition coefficient (Wildman–Crippen LogP) is -0.185. The lowest BCUT2D eigenvalue weighted by atomic mass is 10.1. The van der Waals surface area contributed by atoms with Crippen molar-refractivity contribution in [1.29, 1.82) is 0 Å². The van der Waals surface area contributed by atoms with E-state index in [0.717, 1.165) is 26.2 Å². The first kappa shape index (κ1) is 15.7. The Kier molecular flexibility index (Phi) is 5.56. The molecule has 3 atom stereocenters. The second-order valence-electron chi connectivity index (χ2n) is 5.22. The fourth-order valence-electron chi connectivity index (χ4n) is 2.00. The number of urea groups is 1. The van der Waals surface area contributed by atoms with Crippen molar-refractivity contribution in [3.8, 4) is 0 Å². The molecule has 0 radical (unpaired) electrons. The highest BCUT2D eigenvalue weighted by molar-refractivity contribution is 5.79. The van der Waals surface area contributed by atoms with Gasteiger partial charge >= 0.3 is 12.0 Å². The van der Waals surface area contributed by atoms with Crippen molar-refractivity contribution in [2.24, 2.45) is 0 Å². The maximum atomic E-state index is 11.6. The molecule has 2 amide bonds. The van der Waals surface area contributed by atoms with Crippen molar-refractivity contribution in [2.75, 3.05) is 6.54 Å². The number of carbonyl (C=O) groups excluding carboxylic acids is 1. The van der Waals surface area contributed by atoms with Gasteiger partial charge in [0, 0.05) is 0 Å². The average molecular weight is 274 g/mol. The lowest BCUT2D eigenvalue weighted by Crippen LogP contribution is -2.52. The number of amides is 2. The predicted molar refractivity (Wildman–Crippen MR) is 67.7 cm³/mol. The molecular formula is C12H22N2O5. The molecule has 0 saturated heterocycles. The molecule has 0 spiro atoms. The zero-order chi connectivity index (χ0) is 14.5. The standard InChI is InChI=1S/C12H22N2O5/c1-12(19,10(16)17)7-13-11(18)14-8-5-3-2-4-6-9(8)15/h8-9,15,19H,2-7H2,1H3,(H,16,17)(H2,13,14,18). The number of carboxylic acids is 1. The minimum Gasteiger partial charge on any atom is -0.479 e.